The van der Waals surface area contributed by atoms with E-state index in [2.05, 4.69) is 4.98 Å². The van der Waals surface area contributed by atoms with E-state index >= 15 is 0 Å². The van der Waals surface area contributed by atoms with Gasteiger partial charge in [0.2, 0.25) is 0 Å². The third kappa shape index (κ3) is 3.51. The Morgan fingerprint density at radius 1 is 0.935 bits per heavy atom. The smallest absolute Gasteiger partial charge is 0.342 e. The van der Waals surface area contributed by atoms with Crippen LogP contribution in [0.5, 0.6) is 5.75 Å². The van der Waals surface area contributed by atoms with Crippen LogP contribution in [0.3, 0.4) is 0 Å². The number of aromatic amines is 1. The molecule has 2 N–H and O–H groups in total. The summed E-state index contributed by atoms with van der Waals surface area (Å²) in [6, 6.07) is 26.2. The van der Waals surface area contributed by atoms with Gasteiger partial charge in [0.1, 0.15) is 17.9 Å². The molecule has 4 aromatic carbocycles. The summed E-state index contributed by atoms with van der Waals surface area (Å²) in [4.78, 5) is 16.5. The fourth-order valence-electron chi connectivity index (χ4n) is 3.88. The van der Waals surface area contributed by atoms with Crippen molar-refractivity contribution in [2.75, 3.05) is 0 Å². The van der Waals surface area contributed by atoms with Crippen molar-refractivity contribution < 1.29 is 14.6 Å². The summed E-state index contributed by atoms with van der Waals surface area (Å²) in [5.41, 5.74) is 4.27. The van der Waals surface area contributed by atoms with Gasteiger partial charge in [-0.2, -0.15) is 0 Å². The third-order valence-corrected chi connectivity index (χ3v) is 5.55. The Hall–Kier alpha value is -3.76. The van der Waals surface area contributed by atoms with Crippen LogP contribution >= 0.6 is 11.6 Å². The second kappa shape index (κ2) is 7.82. The second-order valence-corrected chi connectivity index (χ2v) is 7.75. The van der Waals surface area contributed by atoms with Crippen LogP contribution in [-0.4, -0.2) is 16.1 Å². The number of H-pyrrole nitrogens is 1. The van der Waals surface area contributed by atoms with Gasteiger partial charge in [-0.25, -0.2) is 4.79 Å². The van der Waals surface area contributed by atoms with E-state index in [-0.39, 0.29) is 17.9 Å². The number of fused-ring (bicyclic) bond motifs is 3. The number of esters is 1. The van der Waals surface area contributed by atoms with E-state index < -0.39 is 5.97 Å². The summed E-state index contributed by atoms with van der Waals surface area (Å²) in [6.45, 7) is 0.115. The number of rotatable bonds is 4. The number of ether oxygens (including phenoxy) is 1. The standard InChI is InChI=1S/C26H18ClNO3/c27-18-11-12-21-20(13-18)23-24(26(30)31-15-16-7-3-1-4-8-16)22(29)14-19(25(23)28-21)17-9-5-2-6-10-17/h1-14,28-29H,15H2. The SMILES string of the molecule is O=C(OCc1ccccc1)c1c(O)cc(-c2ccccc2)c2[nH]c3ccc(Cl)cc3c12. The predicted molar refractivity (Wildman–Crippen MR) is 123 cm³/mol. The van der Waals surface area contributed by atoms with Crippen molar-refractivity contribution in [1.29, 1.82) is 0 Å². The number of halogens is 1. The van der Waals surface area contributed by atoms with Crippen LogP contribution in [0.15, 0.2) is 84.9 Å². The van der Waals surface area contributed by atoms with Crippen LogP contribution in [0.4, 0.5) is 0 Å². The molecule has 4 nitrogen and oxygen atoms in total. The number of carbonyl (C=O) groups excluding carboxylic acids is 1. The topological polar surface area (TPSA) is 62.3 Å². The number of aromatic hydroxyl groups is 1. The molecular weight excluding hydrogens is 410 g/mol. The molecule has 5 aromatic rings. The summed E-state index contributed by atoms with van der Waals surface area (Å²) in [5.74, 6) is -0.725. The highest BCUT2D eigenvalue weighted by molar-refractivity contribution is 6.32. The van der Waals surface area contributed by atoms with Gasteiger partial charge in [0.25, 0.3) is 0 Å². The van der Waals surface area contributed by atoms with Gasteiger partial charge < -0.3 is 14.8 Å². The molecule has 0 amide bonds. The molecule has 0 saturated heterocycles. The van der Waals surface area contributed by atoms with Gasteiger partial charge in [-0.05, 0) is 35.4 Å². The molecule has 0 aliphatic carbocycles. The summed E-state index contributed by atoms with van der Waals surface area (Å²) >= 11 is 6.25. The van der Waals surface area contributed by atoms with Gasteiger partial charge in [0.05, 0.1) is 5.52 Å². The Balaban J connectivity index is 1.71. The number of aromatic nitrogens is 1. The van der Waals surface area contributed by atoms with Crippen LogP contribution in [0, 0.1) is 0 Å². The van der Waals surface area contributed by atoms with Gasteiger partial charge >= 0.3 is 5.97 Å². The van der Waals surface area contributed by atoms with Crippen LogP contribution in [0.1, 0.15) is 15.9 Å². The van der Waals surface area contributed by atoms with Crippen molar-refractivity contribution in [1.82, 2.24) is 4.98 Å². The lowest BCUT2D eigenvalue weighted by molar-refractivity contribution is 0.0472. The highest BCUT2D eigenvalue weighted by atomic mass is 35.5. The molecule has 0 saturated carbocycles. The summed E-state index contributed by atoms with van der Waals surface area (Å²) in [6.07, 6.45) is 0. The van der Waals surface area contributed by atoms with E-state index in [1.807, 2.05) is 66.7 Å². The van der Waals surface area contributed by atoms with Gasteiger partial charge in [-0.3, -0.25) is 0 Å². The zero-order valence-corrected chi connectivity index (χ0v) is 17.2. The second-order valence-electron chi connectivity index (χ2n) is 7.31. The first-order valence-electron chi connectivity index (χ1n) is 9.85. The predicted octanol–water partition coefficient (Wildman–Crippen LogP) is 6.70. The molecule has 0 radical (unpaired) electrons. The number of hydrogen-bond acceptors (Lipinski definition) is 3. The van der Waals surface area contributed by atoms with Crippen molar-refractivity contribution in [3.05, 3.63) is 101 Å². The first-order chi connectivity index (χ1) is 15.1. The fourth-order valence-corrected chi connectivity index (χ4v) is 4.05. The van der Waals surface area contributed by atoms with Crippen LogP contribution in [-0.2, 0) is 11.3 Å². The van der Waals surface area contributed by atoms with E-state index in [1.54, 1.807) is 18.2 Å². The van der Waals surface area contributed by atoms with Crippen molar-refractivity contribution in [3.63, 3.8) is 0 Å². The molecule has 31 heavy (non-hydrogen) atoms. The van der Waals surface area contributed by atoms with Crippen molar-refractivity contribution in [2.24, 2.45) is 0 Å². The molecule has 0 bridgehead atoms. The maximum absolute atomic E-state index is 13.1. The highest BCUT2D eigenvalue weighted by Gasteiger charge is 2.23. The monoisotopic (exact) mass is 427 g/mol. The summed E-state index contributed by atoms with van der Waals surface area (Å²) in [5, 5.41) is 12.8. The van der Waals surface area contributed by atoms with E-state index in [0.717, 1.165) is 33.1 Å². The maximum atomic E-state index is 13.1. The third-order valence-electron chi connectivity index (χ3n) is 5.32. The van der Waals surface area contributed by atoms with E-state index in [0.29, 0.717) is 10.4 Å². The Labute approximate surface area is 183 Å². The minimum Gasteiger partial charge on any atom is -0.507 e. The molecule has 5 rings (SSSR count). The molecule has 0 aliphatic heterocycles. The number of phenolic OH excluding ortho intramolecular Hbond substituents is 1. The number of hydrogen-bond donors (Lipinski definition) is 2. The lowest BCUT2D eigenvalue weighted by Crippen LogP contribution is -2.06. The van der Waals surface area contributed by atoms with E-state index in [1.165, 1.54) is 0 Å². The molecular formula is C26H18ClNO3. The molecule has 0 aliphatic rings. The number of phenols is 1. The van der Waals surface area contributed by atoms with Gasteiger partial charge in [-0.15, -0.1) is 0 Å². The van der Waals surface area contributed by atoms with Crippen molar-refractivity contribution in [2.45, 2.75) is 6.61 Å². The lowest BCUT2D eigenvalue weighted by atomic mass is 9.97. The Kier molecular flexibility index (Phi) is 4.85. The molecule has 0 spiro atoms. The zero-order valence-electron chi connectivity index (χ0n) is 16.4. The number of benzene rings is 4. The molecule has 1 aromatic heterocycles. The largest absolute Gasteiger partial charge is 0.507 e. The Morgan fingerprint density at radius 2 is 1.65 bits per heavy atom. The Morgan fingerprint density at radius 3 is 2.39 bits per heavy atom. The molecule has 5 heteroatoms. The lowest BCUT2D eigenvalue weighted by Gasteiger charge is -2.12. The molecule has 1 heterocycles. The minimum absolute atomic E-state index is 0.115. The fraction of sp³-hybridized carbons (Fsp3) is 0.0385. The molecule has 0 atom stereocenters. The van der Waals surface area contributed by atoms with Gasteiger partial charge in [0.15, 0.2) is 0 Å². The average molecular weight is 428 g/mol. The molecule has 152 valence electrons. The van der Waals surface area contributed by atoms with Crippen LogP contribution in [0.2, 0.25) is 5.02 Å². The number of carbonyl (C=O) groups is 1. The molecule has 0 unspecified atom stereocenters. The van der Waals surface area contributed by atoms with Gasteiger partial charge in [-0.1, -0.05) is 72.3 Å². The van der Waals surface area contributed by atoms with Crippen molar-refractivity contribution >= 4 is 39.4 Å². The Bertz CT molecular complexity index is 1410. The van der Waals surface area contributed by atoms with Crippen LogP contribution in [0.25, 0.3) is 32.9 Å². The zero-order chi connectivity index (χ0) is 21.4. The van der Waals surface area contributed by atoms with Crippen LogP contribution < -0.4 is 0 Å². The van der Waals surface area contributed by atoms with Crippen molar-refractivity contribution in [3.8, 4) is 16.9 Å². The minimum atomic E-state index is -0.591. The normalized spacial score (nSPS) is 11.1. The quantitative estimate of drug-likeness (QED) is 0.313. The van der Waals surface area contributed by atoms with E-state index in [9.17, 15) is 9.90 Å². The first-order valence-corrected chi connectivity index (χ1v) is 10.2. The highest BCUT2D eigenvalue weighted by Crippen LogP contribution is 2.41. The number of nitrogens with one attached hydrogen (secondary N) is 1. The average Bonchev–Trinajstić information content (AvgIpc) is 3.16. The summed E-state index contributed by atoms with van der Waals surface area (Å²) in [7, 11) is 0. The maximum Gasteiger partial charge on any atom is 0.342 e. The van der Waals surface area contributed by atoms with Gasteiger partial charge in [0, 0.05) is 26.9 Å². The summed E-state index contributed by atoms with van der Waals surface area (Å²) < 4.78 is 5.55. The van der Waals surface area contributed by atoms with E-state index in [4.69, 9.17) is 16.3 Å². The molecule has 0 fully saturated rings. The first kappa shape index (κ1) is 19.2.